The maximum Gasteiger partial charge on any atom is 0.308 e. The lowest BCUT2D eigenvalue weighted by Gasteiger charge is -2.12. The number of nitrogens with zero attached hydrogens (tertiary/aromatic N) is 1. The highest BCUT2D eigenvalue weighted by Gasteiger charge is 2.23. The number of para-hydroxylation sites is 1. The lowest BCUT2D eigenvalue weighted by molar-refractivity contribution is -0.385. The summed E-state index contributed by atoms with van der Waals surface area (Å²) >= 11 is 1.79. The van der Waals surface area contributed by atoms with Gasteiger partial charge in [-0.25, -0.2) is 0 Å². The summed E-state index contributed by atoms with van der Waals surface area (Å²) in [5, 5.41) is 13.8. The zero-order valence-electron chi connectivity index (χ0n) is 16.3. The minimum atomic E-state index is -0.636. The van der Waals surface area contributed by atoms with Gasteiger partial charge < -0.3 is 14.8 Å². The molecule has 0 bridgehead atoms. The van der Waals surface area contributed by atoms with Gasteiger partial charge in [-0.2, -0.15) is 0 Å². The topological polar surface area (TPSA) is 108 Å². The van der Waals surface area contributed by atoms with Crippen LogP contribution in [-0.2, 0) is 11.4 Å². The molecule has 0 unspecified atom stereocenters. The van der Waals surface area contributed by atoms with Crippen LogP contribution in [0.15, 0.2) is 66.7 Å². The van der Waals surface area contributed by atoms with Crippen molar-refractivity contribution >= 4 is 45.8 Å². The first-order valence-electron chi connectivity index (χ1n) is 9.08. The van der Waals surface area contributed by atoms with Crippen molar-refractivity contribution in [1.82, 2.24) is 0 Å². The van der Waals surface area contributed by atoms with Crippen LogP contribution in [-0.4, -0.2) is 16.8 Å². The molecule has 9 heteroatoms. The Morgan fingerprint density at radius 3 is 2.35 bits per heavy atom. The standard InChI is InChI=1S/C22H17IN2O6/c1-14(26)31-21-19(11-17(25(28)29)12-20(21)23)22(27)24-16-9-7-15(8-10-16)13-30-18-5-3-2-4-6-18/h2-12H,13H2,1H3,(H,24,27). The molecule has 0 spiro atoms. The van der Waals surface area contributed by atoms with E-state index in [9.17, 15) is 19.7 Å². The van der Waals surface area contributed by atoms with Gasteiger partial charge in [0.1, 0.15) is 12.4 Å². The number of non-ortho nitro benzene ring substituents is 1. The van der Waals surface area contributed by atoms with Gasteiger partial charge in [-0.15, -0.1) is 0 Å². The number of nitro benzene ring substituents is 1. The number of nitrogens with one attached hydrogen (secondary N) is 1. The van der Waals surface area contributed by atoms with Gasteiger partial charge in [0.05, 0.1) is 14.1 Å². The monoisotopic (exact) mass is 532 g/mol. The van der Waals surface area contributed by atoms with Gasteiger partial charge in [0.15, 0.2) is 5.75 Å². The van der Waals surface area contributed by atoms with Crippen molar-refractivity contribution in [2.75, 3.05) is 5.32 Å². The van der Waals surface area contributed by atoms with Gasteiger partial charge in [-0.3, -0.25) is 19.7 Å². The Balaban J connectivity index is 1.76. The lowest BCUT2D eigenvalue weighted by atomic mass is 10.1. The van der Waals surface area contributed by atoms with Crippen molar-refractivity contribution in [3.63, 3.8) is 0 Å². The molecule has 3 rings (SSSR count). The van der Waals surface area contributed by atoms with Crippen molar-refractivity contribution in [1.29, 1.82) is 0 Å². The Morgan fingerprint density at radius 2 is 1.74 bits per heavy atom. The van der Waals surface area contributed by atoms with Gasteiger partial charge in [-0.1, -0.05) is 30.3 Å². The lowest BCUT2D eigenvalue weighted by Crippen LogP contribution is -2.16. The normalized spacial score (nSPS) is 10.3. The average molecular weight is 532 g/mol. The Morgan fingerprint density at radius 1 is 1.06 bits per heavy atom. The third-order valence-corrected chi connectivity index (χ3v) is 4.89. The Kier molecular flexibility index (Phi) is 7.19. The molecular formula is C22H17IN2O6. The van der Waals surface area contributed by atoms with E-state index in [4.69, 9.17) is 9.47 Å². The third-order valence-electron chi connectivity index (χ3n) is 4.09. The highest BCUT2D eigenvalue weighted by Crippen LogP contribution is 2.31. The van der Waals surface area contributed by atoms with Crippen LogP contribution >= 0.6 is 22.6 Å². The van der Waals surface area contributed by atoms with Crippen LogP contribution in [0.5, 0.6) is 11.5 Å². The van der Waals surface area contributed by atoms with E-state index >= 15 is 0 Å². The third kappa shape index (κ3) is 6.01. The zero-order valence-corrected chi connectivity index (χ0v) is 18.5. The summed E-state index contributed by atoms with van der Waals surface area (Å²) in [5.74, 6) is -0.544. The predicted molar refractivity (Wildman–Crippen MR) is 122 cm³/mol. The van der Waals surface area contributed by atoms with Crippen molar-refractivity contribution < 1.29 is 24.0 Å². The number of amides is 1. The molecule has 0 fully saturated rings. The van der Waals surface area contributed by atoms with Crippen molar-refractivity contribution in [2.45, 2.75) is 13.5 Å². The number of hydrogen-bond acceptors (Lipinski definition) is 6. The number of ether oxygens (including phenoxy) is 2. The molecule has 1 N–H and O–H groups in total. The first-order valence-corrected chi connectivity index (χ1v) is 10.2. The predicted octanol–water partition coefficient (Wildman–Crippen LogP) is 4.96. The molecular weight excluding hydrogens is 515 g/mol. The van der Waals surface area contributed by atoms with Crippen molar-refractivity contribution in [2.24, 2.45) is 0 Å². The molecule has 31 heavy (non-hydrogen) atoms. The van der Waals surface area contributed by atoms with E-state index in [1.807, 2.05) is 30.3 Å². The minimum absolute atomic E-state index is 0.0240. The summed E-state index contributed by atoms with van der Waals surface area (Å²) in [6.07, 6.45) is 0. The van der Waals surface area contributed by atoms with Crippen LogP contribution in [0.3, 0.4) is 0 Å². The summed E-state index contributed by atoms with van der Waals surface area (Å²) in [6.45, 7) is 1.55. The van der Waals surface area contributed by atoms with Crippen LogP contribution < -0.4 is 14.8 Å². The van der Waals surface area contributed by atoms with Crippen LogP contribution in [0.25, 0.3) is 0 Å². The van der Waals surface area contributed by atoms with Crippen LogP contribution in [0.2, 0.25) is 0 Å². The van der Waals surface area contributed by atoms with Gasteiger partial charge in [0.25, 0.3) is 11.6 Å². The highest BCUT2D eigenvalue weighted by molar-refractivity contribution is 14.1. The first-order chi connectivity index (χ1) is 14.8. The fourth-order valence-electron chi connectivity index (χ4n) is 2.67. The number of carbonyl (C=O) groups is 2. The largest absolute Gasteiger partial charge is 0.489 e. The van der Waals surface area contributed by atoms with Gasteiger partial charge >= 0.3 is 5.97 Å². The van der Waals surface area contributed by atoms with E-state index in [1.54, 1.807) is 46.9 Å². The molecule has 0 aromatic heterocycles. The van der Waals surface area contributed by atoms with E-state index in [2.05, 4.69) is 5.32 Å². The molecule has 0 heterocycles. The molecule has 0 radical (unpaired) electrons. The SMILES string of the molecule is CC(=O)Oc1c(I)cc([N+](=O)[O-])cc1C(=O)Nc1ccc(COc2ccccc2)cc1. The quantitative estimate of drug-likeness (QED) is 0.152. The van der Waals surface area contributed by atoms with Crippen molar-refractivity contribution in [3.8, 4) is 11.5 Å². The Labute approximate surface area is 191 Å². The van der Waals surface area contributed by atoms with E-state index in [0.29, 0.717) is 12.3 Å². The van der Waals surface area contributed by atoms with E-state index < -0.39 is 16.8 Å². The summed E-state index contributed by atoms with van der Waals surface area (Å²) in [6, 6.07) is 18.7. The molecule has 0 aliphatic heterocycles. The fourth-order valence-corrected chi connectivity index (χ4v) is 3.39. The molecule has 0 atom stereocenters. The molecule has 0 saturated carbocycles. The zero-order chi connectivity index (χ0) is 22.4. The number of carbonyl (C=O) groups excluding carboxylic acids is 2. The second-order valence-electron chi connectivity index (χ2n) is 6.41. The second kappa shape index (κ2) is 10.0. The molecule has 3 aromatic rings. The summed E-state index contributed by atoms with van der Waals surface area (Å²) < 4.78 is 11.1. The highest BCUT2D eigenvalue weighted by atomic mass is 127. The fraction of sp³-hybridized carbons (Fsp3) is 0.0909. The number of esters is 1. The molecule has 0 saturated heterocycles. The van der Waals surface area contributed by atoms with Crippen molar-refractivity contribution in [3.05, 3.63) is 91.5 Å². The van der Waals surface area contributed by atoms with Gasteiger partial charge in [0.2, 0.25) is 0 Å². The average Bonchev–Trinajstić information content (AvgIpc) is 2.74. The maximum absolute atomic E-state index is 12.8. The Hall–Kier alpha value is -3.47. The molecule has 0 aliphatic rings. The number of nitro groups is 1. The van der Waals surface area contributed by atoms with Gasteiger partial charge in [0, 0.05) is 24.7 Å². The number of anilines is 1. The Bertz CT molecular complexity index is 1120. The number of rotatable bonds is 7. The molecule has 3 aromatic carbocycles. The van der Waals surface area contributed by atoms with Gasteiger partial charge in [-0.05, 0) is 52.4 Å². The van der Waals surface area contributed by atoms with E-state index in [1.165, 1.54) is 13.0 Å². The number of halogens is 1. The van der Waals surface area contributed by atoms with Crippen LogP contribution in [0.1, 0.15) is 22.8 Å². The first kappa shape index (κ1) is 22.2. The van der Waals surface area contributed by atoms with E-state index in [-0.39, 0.29) is 20.6 Å². The molecule has 1 amide bonds. The maximum atomic E-state index is 12.8. The molecule has 158 valence electrons. The number of benzene rings is 3. The summed E-state index contributed by atoms with van der Waals surface area (Å²) in [7, 11) is 0. The molecule has 0 aliphatic carbocycles. The second-order valence-corrected chi connectivity index (χ2v) is 7.57. The van der Waals surface area contributed by atoms with E-state index in [0.717, 1.165) is 17.4 Å². The summed E-state index contributed by atoms with van der Waals surface area (Å²) in [5.41, 5.74) is 0.986. The minimum Gasteiger partial charge on any atom is -0.489 e. The smallest absolute Gasteiger partial charge is 0.308 e. The van der Waals surface area contributed by atoms with Crippen LogP contribution in [0.4, 0.5) is 11.4 Å². The summed E-state index contributed by atoms with van der Waals surface area (Å²) in [4.78, 5) is 34.8. The molecule has 8 nitrogen and oxygen atoms in total. The van der Waals surface area contributed by atoms with Crippen LogP contribution in [0, 0.1) is 13.7 Å². The number of hydrogen-bond donors (Lipinski definition) is 1.